The summed E-state index contributed by atoms with van der Waals surface area (Å²) in [6.07, 6.45) is 2.19. The zero-order valence-electron chi connectivity index (χ0n) is 13.1. The maximum atomic E-state index is 11.2. The summed E-state index contributed by atoms with van der Waals surface area (Å²) >= 11 is 29.2. The van der Waals surface area contributed by atoms with Crippen LogP contribution in [0.25, 0.3) is 0 Å². The average Bonchev–Trinajstić information content (AvgIpc) is 3.15. The summed E-state index contributed by atoms with van der Waals surface area (Å²) in [5.41, 5.74) is 2.51. The molecule has 0 saturated carbocycles. The van der Waals surface area contributed by atoms with Gasteiger partial charge in [-0.25, -0.2) is 30.1 Å². The Morgan fingerprint density at radius 2 is 1.59 bits per heavy atom. The van der Waals surface area contributed by atoms with E-state index in [0.29, 0.717) is 42.2 Å². The van der Waals surface area contributed by atoms with Crippen LogP contribution < -0.4 is 0 Å². The Morgan fingerprint density at radius 1 is 1.00 bits per heavy atom. The van der Waals surface area contributed by atoms with Gasteiger partial charge in [0.1, 0.15) is 4.34 Å². The molecule has 0 aliphatic heterocycles. The molecule has 2 aromatic heterocycles. The molecule has 1 aliphatic rings. The van der Waals surface area contributed by atoms with E-state index < -0.39 is 11.4 Å². The van der Waals surface area contributed by atoms with Crippen molar-refractivity contribution < 1.29 is 9.59 Å². The van der Waals surface area contributed by atoms with E-state index >= 15 is 0 Å². The Hall–Kier alpha value is 1.59. The van der Waals surface area contributed by atoms with Crippen LogP contribution in [0.1, 0.15) is 34.3 Å². The molecule has 0 fully saturated rings. The van der Waals surface area contributed by atoms with Gasteiger partial charge in [0.15, 0.2) is 5.78 Å². The molecule has 13 heteroatoms. The van der Waals surface area contributed by atoms with Crippen LogP contribution in [0, 0.1) is 0 Å². The Kier molecular flexibility index (Phi) is 12.9. The summed E-state index contributed by atoms with van der Waals surface area (Å²) in [6, 6.07) is 1.76. The number of ketones is 1. The maximum absolute atomic E-state index is 11.2. The number of fused-ring (bicyclic) bond motifs is 1. The lowest BCUT2D eigenvalue weighted by Crippen LogP contribution is -1.89. The van der Waals surface area contributed by atoms with E-state index in [1.807, 2.05) is 0 Å². The van der Waals surface area contributed by atoms with Gasteiger partial charge in [-0.1, -0.05) is 46.4 Å². The zero-order chi connectivity index (χ0) is 20.7. The van der Waals surface area contributed by atoms with Crippen molar-refractivity contribution in [3.63, 3.8) is 0 Å². The molecule has 2 heterocycles. The highest BCUT2D eigenvalue weighted by Gasteiger charge is 2.27. The number of Topliss-reactive ketones (excluding diaryl/α,β-unsaturated/α-hetero) is 1. The van der Waals surface area contributed by atoms with Gasteiger partial charge in [-0.3, -0.25) is 9.59 Å². The van der Waals surface area contributed by atoms with E-state index in [9.17, 15) is 9.59 Å². The second-order valence-corrected chi connectivity index (χ2v) is 16.2. The number of aryl methyl sites for hydroxylation is 1. The van der Waals surface area contributed by atoms with Gasteiger partial charge in [-0.2, -0.15) is 0 Å². The molecule has 0 aromatic carbocycles. The normalized spacial score (nSPS) is 11.9. The average molecular weight is 584 g/mol. The number of halogens is 8. The molecule has 0 saturated heterocycles. The third kappa shape index (κ3) is 9.51. The fraction of sp³-hybridized carbons (Fsp3) is 0.286. The smallest absolute Gasteiger partial charge is 0.294 e. The molecule has 2 aromatic rings. The first-order chi connectivity index (χ1) is 12.5. The standard InChI is InChI=1S/C7H5Cl3OS.C7H4Cl2OS.Al.3ClH/c8-5(11)2-1-4-3-6(9)12-7(4)10;8-6-3-1-2-4(10)5(3)7(9)11-6;;;;/h3H,1-2H2;1-2H2;;3*1H/q;;+3;;;/p-3. The van der Waals surface area contributed by atoms with Crippen molar-refractivity contribution >= 4 is 133 Å². The summed E-state index contributed by atoms with van der Waals surface area (Å²) in [6.45, 7) is 0. The van der Waals surface area contributed by atoms with Gasteiger partial charge >= 0.3 is 11.4 Å². The first-order valence-corrected chi connectivity index (χ1v) is 15.8. The minimum atomic E-state index is -1.72. The number of thiophene rings is 2. The maximum Gasteiger partial charge on any atom is 0.643 e. The first-order valence-electron chi connectivity index (χ1n) is 7.07. The summed E-state index contributed by atoms with van der Waals surface area (Å²) in [5, 5.41) is -0.353. The van der Waals surface area contributed by atoms with Gasteiger partial charge in [0.25, 0.3) is 0 Å². The van der Waals surface area contributed by atoms with Crippen molar-refractivity contribution in [1.29, 1.82) is 0 Å². The largest absolute Gasteiger partial charge is 0.643 e. The van der Waals surface area contributed by atoms with E-state index in [1.54, 1.807) is 6.07 Å². The summed E-state index contributed by atoms with van der Waals surface area (Å²) in [5.74, 6) is 0.133. The number of hydrogen-bond acceptors (Lipinski definition) is 4. The minimum absolute atomic E-state index is 0.133. The number of rotatable bonds is 3. The van der Waals surface area contributed by atoms with E-state index in [2.05, 4.69) is 0 Å². The molecule has 148 valence electrons. The van der Waals surface area contributed by atoms with Gasteiger partial charge in [-0.15, -0.1) is 22.7 Å². The predicted molar refractivity (Wildman–Crippen MR) is 124 cm³/mol. The van der Waals surface area contributed by atoms with Crippen LogP contribution in [0.15, 0.2) is 6.07 Å². The Bertz CT molecular complexity index is 803. The van der Waals surface area contributed by atoms with Gasteiger partial charge in [0, 0.05) is 12.8 Å². The van der Waals surface area contributed by atoms with Crippen molar-refractivity contribution in [2.75, 3.05) is 0 Å². The second kappa shape index (κ2) is 13.1. The van der Waals surface area contributed by atoms with Gasteiger partial charge in [0.2, 0.25) is 5.24 Å². The highest BCUT2D eigenvalue weighted by Crippen LogP contribution is 2.41. The molecular formula is C14H9AlCl8O2S2. The number of carbonyl (C=O) groups is 2. The number of carbonyl (C=O) groups excluding carboxylic acids is 2. The highest BCUT2D eigenvalue weighted by atomic mass is 35.8. The number of hydrogen-bond donors (Lipinski definition) is 0. The molecule has 0 amide bonds. The molecule has 0 atom stereocenters. The lowest BCUT2D eigenvalue weighted by atomic mass is 10.2. The van der Waals surface area contributed by atoms with E-state index in [1.165, 1.54) is 22.7 Å². The molecule has 27 heavy (non-hydrogen) atoms. The molecule has 1 aliphatic carbocycles. The van der Waals surface area contributed by atoms with Crippen LogP contribution in [-0.4, -0.2) is 22.4 Å². The molecule has 3 rings (SSSR count). The topological polar surface area (TPSA) is 34.1 Å². The van der Waals surface area contributed by atoms with Crippen molar-refractivity contribution in [1.82, 2.24) is 0 Å². The highest BCUT2D eigenvalue weighted by molar-refractivity contribution is 7.54. The van der Waals surface area contributed by atoms with Crippen LogP contribution in [0.5, 0.6) is 0 Å². The van der Waals surface area contributed by atoms with Gasteiger partial charge in [0.05, 0.1) is 18.6 Å². The Morgan fingerprint density at radius 3 is 2.04 bits per heavy atom. The predicted octanol–water partition coefficient (Wildman–Crippen LogP) is 8.62. The molecule has 0 N–H and O–H groups in total. The fourth-order valence-corrected chi connectivity index (χ4v) is 5.50. The van der Waals surface area contributed by atoms with E-state index in [0.717, 1.165) is 17.5 Å². The van der Waals surface area contributed by atoms with Crippen LogP contribution >= 0.6 is 111 Å². The molecule has 0 spiro atoms. The molecule has 0 unspecified atom stereocenters. The fourth-order valence-electron chi connectivity index (χ4n) is 2.05. The van der Waals surface area contributed by atoms with Gasteiger partial charge in [-0.05, 0) is 41.6 Å². The van der Waals surface area contributed by atoms with Crippen LogP contribution in [0.2, 0.25) is 17.3 Å². The van der Waals surface area contributed by atoms with Crippen molar-refractivity contribution in [2.45, 2.75) is 25.7 Å². The quantitative estimate of drug-likeness (QED) is 0.268. The zero-order valence-corrected chi connectivity index (χ0v) is 22.0. The van der Waals surface area contributed by atoms with E-state index in [-0.39, 0.29) is 11.0 Å². The summed E-state index contributed by atoms with van der Waals surface area (Å²) in [4.78, 5) is 21.6. The molecule has 0 bridgehead atoms. The van der Waals surface area contributed by atoms with Crippen LogP contribution in [-0.2, 0) is 17.6 Å². The molecular weight excluding hydrogens is 575 g/mol. The Balaban J connectivity index is 0.000000227. The molecule has 2 nitrogen and oxygen atoms in total. The van der Waals surface area contributed by atoms with Crippen molar-refractivity contribution in [3.05, 3.63) is 40.1 Å². The third-order valence-electron chi connectivity index (χ3n) is 3.11. The lowest BCUT2D eigenvalue weighted by Gasteiger charge is -1.92. The van der Waals surface area contributed by atoms with E-state index in [4.69, 9.17) is 88.2 Å². The molecule has 0 radical (unpaired) electrons. The lowest BCUT2D eigenvalue weighted by molar-refractivity contribution is -0.111. The first kappa shape index (κ1) is 26.6. The van der Waals surface area contributed by atoms with Crippen LogP contribution in [0.4, 0.5) is 0 Å². The summed E-state index contributed by atoms with van der Waals surface area (Å²) < 4.78 is 2.50. The van der Waals surface area contributed by atoms with Crippen molar-refractivity contribution in [2.24, 2.45) is 0 Å². The SMILES string of the molecule is O=C(Cl)CCc1cc(Cl)sc1Cl.O=C1CCc2c(Cl)sc(Cl)c21.[Cl][Al]([Cl])[Cl]. The van der Waals surface area contributed by atoms with Gasteiger partial charge < -0.3 is 0 Å². The van der Waals surface area contributed by atoms with Crippen LogP contribution in [0.3, 0.4) is 0 Å². The third-order valence-corrected chi connectivity index (χ3v) is 6.56. The minimum Gasteiger partial charge on any atom is -0.294 e. The second-order valence-electron chi connectivity index (χ2n) is 4.88. The monoisotopic (exact) mass is 580 g/mol. The van der Waals surface area contributed by atoms with Crippen molar-refractivity contribution in [3.8, 4) is 0 Å². The Labute approximate surface area is 206 Å². The summed E-state index contributed by atoms with van der Waals surface area (Å²) in [7, 11) is 14.8.